The largest absolute Gasteiger partial charge is 0.351 e. The van der Waals surface area contributed by atoms with Crippen molar-refractivity contribution in [2.24, 2.45) is 7.05 Å². The molecule has 0 atom stereocenters. The molecule has 0 fully saturated rings. The number of aryl methyl sites for hydroxylation is 3. The van der Waals surface area contributed by atoms with Crippen molar-refractivity contribution >= 4 is 16.9 Å². The third kappa shape index (κ3) is 3.27. The van der Waals surface area contributed by atoms with E-state index >= 15 is 0 Å². The van der Waals surface area contributed by atoms with E-state index in [1.165, 1.54) is 0 Å². The van der Waals surface area contributed by atoms with Crippen LogP contribution in [0.4, 0.5) is 0 Å². The van der Waals surface area contributed by atoms with E-state index in [0.29, 0.717) is 12.1 Å². The summed E-state index contributed by atoms with van der Waals surface area (Å²) in [6.45, 7) is 11.5. The second-order valence-electron chi connectivity index (χ2n) is 5.50. The lowest BCUT2D eigenvalue weighted by Crippen LogP contribution is -2.34. The number of aromatic nitrogens is 3. The molecule has 2 aromatic rings. The molecule has 0 aromatic carbocycles. The van der Waals surface area contributed by atoms with Gasteiger partial charge in [0.1, 0.15) is 0 Å². The van der Waals surface area contributed by atoms with Crippen molar-refractivity contribution in [2.45, 2.75) is 27.7 Å². The van der Waals surface area contributed by atoms with Gasteiger partial charge in [-0.05, 0) is 33.0 Å². The lowest BCUT2D eigenvalue weighted by molar-refractivity contribution is 0.0950. The summed E-state index contributed by atoms with van der Waals surface area (Å²) in [6.07, 6.45) is 0. The van der Waals surface area contributed by atoms with Crippen LogP contribution in [0.2, 0.25) is 0 Å². The number of hydrogen-bond donors (Lipinski definition) is 1. The van der Waals surface area contributed by atoms with Crippen LogP contribution in [0.5, 0.6) is 0 Å². The second kappa shape index (κ2) is 6.87. The molecule has 0 bridgehead atoms. The fraction of sp³-hybridized carbons (Fsp3) is 0.562. The lowest BCUT2D eigenvalue weighted by atomic mass is 10.1. The molecule has 6 nitrogen and oxygen atoms in total. The second-order valence-corrected chi connectivity index (χ2v) is 5.50. The average Bonchev–Trinajstić information content (AvgIpc) is 2.77. The topological polar surface area (TPSA) is 63.1 Å². The minimum Gasteiger partial charge on any atom is -0.351 e. The van der Waals surface area contributed by atoms with E-state index in [0.717, 1.165) is 42.1 Å². The van der Waals surface area contributed by atoms with E-state index in [1.54, 1.807) is 4.68 Å². The summed E-state index contributed by atoms with van der Waals surface area (Å²) in [6, 6.07) is 1.84. The number of pyridine rings is 1. The third-order valence-corrected chi connectivity index (χ3v) is 3.95. The fourth-order valence-corrected chi connectivity index (χ4v) is 2.71. The van der Waals surface area contributed by atoms with E-state index in [9.17, 15) is 4.79 Å². The molecule has 0 aliphatic rings. The first-order valence-electron chi connectivity index (χ1n) is 7.79. The lowest BCUT2D eigenvalue weighted by Gasteiger charge is -2.18. The summed E-state index contributed by atoms with van der Waals surface area (Å²) in [5.41, 5.74) is 3.07. The Morgan fingerprint density at radius 2 is 2.00 bits per heavy atom. The summed E-state index contributed by atoms with van der Waals surface area (Å²) in [5.74, 6) is -0.0567. The zero-order chi connectivity index (χ0) is 16.3. The van der Waals surface area contributed by atoms with Gasteiger partial charge in [0.25, 0.3) is 5.91 Å². The van der Waals surface area contributed by atoms with Crippen LogP contribution in [0.3, 0.4) is 0 Å². The van der Waals surface area contributed by atoms with Gasteiger partial charge in [0.05, 0.1) is 16.6 Å². The molecule has 2 aromatic heterocycles. The zero-order valence-corrected chi connectivity index (χ0v) is 14.1. The molecule has 0 unspecified atom stereocenters. The molecule has 0 saturated carbocycles. The summed E-state index contributed by atoms with van der Waals surface area (Å²) in [7, 11) is 1.85. The highest BCUT2D eigenvalue weighted by Gasteiger charge is 2.17. The van der Waals surface area contributed by atoms with Gasteiger partial charge in [-0.15, -0.1) is 0 Å². The average molecular weight is 303 g/mol. The number of fused-ring (bicyclic) bond motifs is 1. The number of nitrogens with zero attached hydrogens (tertiary/aromatic N) is 4. The first-order valence-corrected chi connectivity index (χ1v) is 7.79. The van der Waals surface area contributed by atoms with Crippen molar-refractivity contribution < 1.29 is 4.79 Å². The molecule has 120 valence electrons. The van der Waals surface area contributed by atoms with Crippen LogP contribution < -0.4 is 5.32 Å². The Balaban J connectivity index is 2.21. The summed E-state index contributed by atoms with van der Waals surface area (Å²) < 4.78 is 1.73. The van der Waals surface area contributed by atoms with Crippen molar-refractivity contribution in [2.75, 3.05) is 26.2 Å². The molecule has 0 aliphatic carbocycles. The van der Waals surface area contributed by atoms with Gasteiger partial charge >= 0.3 is 0 Å². The molecule has 0 saturated heterocycles. The number of likely N-dealkylation sites (N-methyl/N-ethyl adjacent to an activating group) is 1. The minimum absolute atomic E-state index is 0.0567. The van der Waals surface area contributed by atoms with Crippen LogP contribution in [0, 0.1) is 13.8 Å². The highest BCUT2D eigenvalue weighted by Crippen LogP contribution is 2.21. The van der Waals surface area contributed by atoms with Gasteiger partial charge in [0.2, 0.25) is 0 Å². The fourth-order valence-electron chi connectivity index (χ4n) is 2.71. The summed E-state index contributed by atoms with van der Waals surface area (Å²) >= 11 is 0. The van der Waals surface area contributed by atoms with E-state index in [-0.39, 0.29) is 5.91 Å². The maximum atomic E-state index is 12.5. The Bertz CT molecular complexity index is 673. The molecular weight excluding hydrogens is 278 g/mol. The summed E-state index contributed by atoms with van der Waals surface area (Å²) in [5, 5.41) is 8.22. The molecular formula is C16H25N5O. The number of amides is 1. The maximum absolute atomic E-state index is 12.5. The first-order chi connectivity index (χ1) is 10.5. The molecule has 0 radical (unpaired) electrons. The van der Waals surface area contributed by atoms with Crippen molar-refractivity contribution in [1.29, 1.82) is 0 Å². The number of carbonyl (C=O) groups excluding carboxylic acids is 1. The Morgan fingerprint density at radius 3 is 2.64 bits per heavy atom. The molecule has 2 rings (SSSR count). The Kier molecular flexibility index (Phi) is 5.13. The first kappa shape index (κ1) is 16.4. The van der Waals surface area contributed by atoms with E-state index in [4.69, 9.17) is 0 Å². The van der Waals surface area contributed by atoms with Crippen molar-refractivity contribution in [3.63, 3.8) is 0 Å². The van der Waals surface area contributed by atoms with E-state index in [1.807, 2.05) is 27.0 Å². The van der Waals surface area contributed by atoms with Crippen LogP contribution >= 0.6 is 0 Å². The molecule has 2 heterocycles. The number of carbonyl (C=O) groups is 1. The molecule has 6 heteroatoms. The number of rotatable bonds is 6. The zero-order valence-electron chi connectivity index (χ0n) is 14.1. The Labute approximate surface area is 131 Å². The quantitative estimate of drug-likeness (QED) is 0.881. The third-order valence-electron chi connectivity index (χ3n) is 3.95. The number of nitrogens with one attached hydrogen (secondary N) is 1. The maximum Gasteiger partial charge on any atom is 0.252 e. The van der Waals surface area contributed by atoms with Gasteiger partial charge in [-0.1, -0.05) is 13.8 Å². The van der Waals surface area contributed by atoms with E-state index in [2.05, 4.69) is 34.1 Å². The standard InChI is InChI=1S/C16H25N5O/c1-6-21(7-2)9-8-17-16(22)13-10-11(3)18-15-14(13)12(4)19-20(15)5/h10H,6-9H2,1-5H3,(H,17,22). The predicted molar refractivity (Wildman–Crippen MR) is 88.1 cm³/mol. The highest BCUT2D eigenvalue weighted by molar-refractivity contribution is 6.06. The summed E-state index contributed by atoms with van der Waals surface area (Å²) in [4.78, 5) is 19.3. The van der Waals surface area contributed by atoms with Crippen LogP contribution in [0.15, 0.2) is 6.07 Å². The molecule has 22 heavy (non-hydrogen) atoms. The highest BCUT2D eigenvalue weighted by atomic mass is 16.1. The SMILES string of the molecule is CCN(CC)CCNC(=O)c1cc(C)nc2c1c(C)nn2C. The van der Waals surface area contributed by atoms with Gasteiger partial charge in [-0.25, -0.2) is 4.98 Å². The van der Waals surface area contributed by atoms with Crippen LogP contribution in [-0.4, -0.2) is 51.8 Å². The smallest absolute Gasteiger partial charge is 0.252 e. The van der Waals surface area contributed by atoms with Crippen LogP contribution in [0.25, 0.3) is 11.0 Å². The molecule has 0 spiro atoms. The van der Waals surface area contributed by atoms with Gasteiger partial charge in [-0.3, -0.25) is 9.48 Å². The van der Waals surface area contributed by atoms with Crippen molar-refractivity contribution in [1.82, 2.24) is 25.0 Å². The van der Waals surface area contributed by atoms with Crippen LogP contribution in [0.1, 0.15) is 35.6 Å². The van der Waals surface area contributed by atoms with Gasteiger partial charge in [-0.2, -0.15) is 5.10 Å². The molecule has 1 amide bonds. The Morgan fingerprint density at radius 1 is 1.32 bits per heavy atom. The van der Waals surface area contributed by atoms with E-state index < -0.39 is 0 Å². The van der Waals surface area contributed by atoms with Gasteiger partial charge in [0.15, 0.2) is 5.65 Å². The number of hydrogen-bond acceptors (Lipinski definition) is 4. The van der Waals surface area contributed by atoms with Gasteiger partial charge < -0.3 is 10.2 Å². The predicted octanol–water partition coefficient (Wildman–Crippen LogP) is 1.66. The molecule has 1 N–H and O–H groups in total. The van der Waals surface area contributed by atoms with Crippen molar-refractivity contribution in [3.8, 4) is 0 Å². The normalized spacial score (nSPS) is 11.4. The van der Waals surface area contributed by atoms with Crippen LogP contribution in [-0.2, 0) is 7.05 Å². The monoisotopic (exact) mass is 303 g/mol. The molecule has 0 aliphatic heterocycles. The van der Waals surface area contributed by atoms with Crippen molar-refractivity contribution in [3.05, 3.63) is 23.0 Å². The minimum atomic E-state index is -0.0567. The Hall–Kier alpha value is -1.95. The van der Waals surface area contributed by atoms with Gasteiger partial charge in [0, 0.05) is 25.8 Å².